The Hall–Kier alpha value is -1.06. The molecule has 0 saturated carbocycles. The molecule has 0 spiro atoms. The summed E-state index contributed by atoms with van der Waals surface area (Å²) in [5.74, 6) is 0.757. The summed E-state index contributed by atoms with van der Waals surface area (Å²) in [4.78, 5) is 0. The summed E-state index contributed by atoms with van der Waals surface area (Å²) in [7, 11) is 1.61. The molecule has 90 valence electrons. The van der Waals surface area contributed by atoms with E-state index in [1.807, 2.05) is 32.0 Å². The maximum atomic E-state index is 9.78. The molecule has 0 aliphatic heterocycles. The van der Waals surface area contributed by atoms with Crippen LogP contribution < -0.4 is 4.74 Å². The Balaban J connectivity index is 2.82. The van der Waals surface area contributed by atoms with E-state index in [1.54, 1.807) is 7.11 Å². The van der Waals surface area contributed by atoms with Gasteiger partial charge in [-0.3, -0.25) is 0 Å². The number of methoxy groups -OCH3 is 1. The molecule has 0 heterocycles. The first-order valence-electron chi connectivity index (χ1n) is 5.58. The molecule has 0 aromatic heterocycles. The second-order valence-corrected chi connectivity index (χ2v) is 4.06. The van der Waals surface area contributed by atoms with E-state index in [0.717, 1.165) is 16.9 Å². The molecular formula is C13H20O3. The third kappa shape index (κ3) is 3.22. The minimum absolute atomic E-state index is 0.417. The van der Waals surface area contributed by atoms with Crippen molar-refractivity contribution in [1.29, 1.82) is 0 Å². The van der Waals surface area contributed by atoms with Gasteiger partial charge >= 0.3 is 0 Å². The number of rotatable bonds is 5. The Labute approximate surface area is 96.7 Å². The number of hydrogen-bond acceptors (Lipinski definition) is 3. The monoisotopic (exact) mass is 224 g/mol. The largest absolute Gasteiger partial charge is 0.496 e. The molecular weight excluding hydrogens is 204 g/mol. The average molecular weight is 224 g/mol. The molecule has 0 aliphatic rings. The van der Waals surface area contributed by atoms with E-state index in [1.165, 1.54) is 0 Å². The van der Waals surface area contributed by atoms with Crippen molar-refractivity contribution in [2.24, 2.45) is 0 Å². The van der Waals surface area contributed by atoms with Gasteiger partial charge in [0.2, 0.25) is 0 Å². The molecule has 1 aromatic carbocycles. The van der Waals surface area contributed by atoms with Gasteiger partial charge in [0, 0.05) is 6.42 Å². The Kier molecular flexibility index (Phi) is 4.77. The van der Waals surface area contributed by atoms with Gasteiger partial charge in [-0.1, -0.05) is 24.6 Å². The van der Waals surface area contributed by atoms with Crippen LogP contribution in [0.5, 0.6) is 5.75 Å². The lowest BCUT2D eigenvalue weighted by Crippen LogP contribution is -2.27. The average Bonchev–Trinajstić information content (AvgIpc) is 2.28. The molecule has 1 rings (SSSR count). The van der Waals surface area contributed by atoms with Crippen molar-refractivity contribution >= 4 is 0 Å². The lowest BCUT2D eigenvalue weighted by molar-refractivity contribution is 0.0179. The molecule has 0 aliphatic carbocycles. The fourth-order valence-corrected chi connectivity index (χ4v) is 1.70. The summed E-state index contributed by atoms with van der Waals surface area (Å²) in [6.45, 7) is 3.84. The first-order chi connectivity index (χ1) is 7.58. The molecule has 0 saturated heterocycles. The molecule has 0 bridgehead atoms. The second kappa shape index (κ2) is 5.87. The van der Waals surface area contributed by atoms with E-state index in [-0.39, 0.29) is 0 Å². The van der Waals surface area contributed by atoms with Crippen LogP contribution in [0.15, 0.2) is 18.2 Å². The van der Waals surface area contributed by atoms with Crippen LogP contribution in [0, 0.1) is 6.92 Å². The van der Waals surface area contributed by atoms with Crippen LogP contribution in [0.25, 0.3) is 0 Å². The highest BCUT2D eigenvalue weighted by molar-refractivity contribution is 5.37. The van der Waals surface area contributed by atoms with Crippen molar-refractivity contribution in [3.63, 3.8) is 0 Å². The first-order valence-corrected chi connectivity index (χ1v) is 5.58. The van der Waals surface area contributed by atoms with Crippen LogP contribution >= 0.6 is 0 Å². The highest BCUT2D eigenvalue weighted by atomic mass is 16.5. The zero-order valence-electron chi connectivity index (χ0n) is 10.1. The normalized spacial score (nSPS) is 14.6. The van der Waals surface area contributed by atoms with Crippen molar-refractivity contribution in [3.8, 4) is 5.75 Å². The van der Waals surface area contributed by atoms with E-state index in [4.69, 9.17) is 4.74 Å². The summed E-state index contributed by atoms with van der Waals surface area (Å²) in [5.41, 5.74) is 2.05. The molecule has 2 atom stereocenters. The van der Waals surface area contributed by atoms with Crippen LogP contribution in [0.3, 0.4) is 0 Å². The number of ether oxygens (including phenoxy) is 1. The fourth-order valence-electron chi connectivity index (χ4n) is 1.70. The summed E-state index contributed by atoms with van der Waals surface area (Å²) >= 11 is 0. The minimum Gasteiger partial charge on any atom is -0.496 e. The number of aryl methyl sites for hydroxylation is 1. The van der Waals surface area contributed by atoms with Crippen LogP contribution in [0.1, 0.15) is 24.5 Å². The summed E-state index contributed by atoms with van der Waals surface area (Å²) in [5, 5.41) is 19.3. The molecule has 16 heavy (non-hydrogen) atoms. The fraction of sp³-hybridized carbons (Fsp3) is 0.538. The van der Waals surface area contributed by atoms with Crippen molar-refractivity contribution in [3.05, 3.63) is 29.3 Å². The Morgan fingerprint density at radius 3 is 2.50 bits per heavy atom. The van der Waals surface area contributed by atoms with Crippen molar-refractivity contribution < 1.29 is 14.9 Å². The number of aliphatic hydroxyl groups is 2. The summed E-state index contributed by atoms with van der Waals surface area (Å²) in [6.07, 6.45) is -0.444. The Bertz CT molecular complexity index is 336. The molecule has 0 amide bonds. The van der Waals surface area contributed by atoms with Crippen LogP contribution in [0.2, 0.25) is 0 Å². The minimum atomic E-state index is -0.735. The molecule has 0 fully saturated rings. The number of hydrogen-bond donors (Lipinski definition) is 2. The van der Waals surface area contributed by atoms with Crippen molar-refractivity contribution in [1.82, 2.24) is 0 Å². The predicted molar refractivity (Wildman–Crippen MR) is 63.7 cm³/mol. The van der Waals surface area contributed by atoms with Gasteiger partial charge in [0.05, 0.1) is 19.3 Å². The van der Waals surface area contributed by atoms with E-state index in [9.17, 15) is 10.2 Å². The van der Waals surface area contributed by atoms with Crippen LogP contribution in [-0.2, 0) is 6.42 Å². The maximum absolute atomic E-state index is 9.78. The molecule has 0 radical (unpaired) electrons. The third-order valence-electron chi connectivity index (χ3n) is 2.73. The SMILES string of the molecule is CCC(O)C(O)Cc1cc(C)ccc1OC. The van der Waals surface area contributed by atoms with Crippen molar-refractivity contribution in [2.45, 2.75) is 38.9 Å². The molecule has 3 heteroatoms. The van der Waals surface area contributed by atoms with E-state index < -0.39 is 12.2 Å². The quantitative estimate of drug-likeness (QED) is 0.800. The van der Waals surface area contributed by atoms with Gasteiger partial charge in [-0.05, 0) is 25.0 Å². The third-order valence-corrected chi connectivity index (χ3v) is 2.73. The molecule has 3 nitrogen and oxygen atoms in total. The van der Waals surface area contributed by atoms with E-state index >= 15 is 0 Å². The molecule has 2 unspecified atom stereocenters. The van der Waals surface area contributed by atoms with Crippen LogP contribution in [-0.4, -0.2) is 29.5 Å². The molecule has 1 aromatic rings. The highest BCUT2D eigenvalue weighted by Gasteiger charge is 2.16. The zero-order chi connectivity index (χ0) is 12.1. The topological polar surface area (TPSA) is 49.7 Å². The van der Waals surface area contributed by atoms with Crippen molar-refractivity contribution in [2.75, 3.05) is 7.11 Å². The van der Waals surface area contributed by atoms with Crippen LogP contribution in [0.4, 0.5) is 0 Å². The summed E-state index contributed by atoms with van der Waals surface area (Å²) < 4.78 is 5.22. The number of aliphatic hydroxyl groups excluding tert-OH is 2. The van der Waals surface area contributed by atoms with Gasteiger partial charge in [0.15, 0.2) is 0 Å². The van der Waals surface area contributed by atoms with Gasteiger partial charge in [-0.15, -0.1) is 0 Å². The van der Waals surface area contributed by atoms with Gasteiger partial charge in [0.1, 0.15) is 5.75 Å². The van der Waals surface area contributed by atoms with Gasteiger partial charge in [0.25, 0.3) is 0 Å². The van der Waals surface area contributed by atoms with Gasteiger partial charge < -0.3 is 14.9 Å². The first kappa shape index (κ1) is 13.0. The van der Waals surface area contributed by atoms with E-state index in [2.05, 4.69) is 0 Å². The lowest BCUT2D eigenvalue weighted by Gasteiger charge is -2.18. The Morgan fingerprint density at radius 1 is 1.25 bits per heavy atom. The summed E-state index contributed by atoms with van der Waals surface area (Å²) in [6, 6.07) is 5.82. The smallest absolute Gasteiger partial charge is 0.122 e. The Morgan fingerprint density at radius 2 is 1.94 bits per heavy atom. The van der Waals surface area contributed by atoms with Gasteiger partial charge in [-0.25, -0.2) is 0 Å². The lowest BCUT2D eigenvalue weighted by atomic mass is 10.00. The van der Waals surface area contributed by atoms with E-state index in [0.29, 0.717) is 12.8 Å². The van der Waals surface area contributed by atoms with Gasteiger partial charge in [-0.2, -0.15) is 0 Å². The predicted octanol–water partition coefficient (Wildman–Crippen LogP) is 1.68. The highest BCUT2D eigenvalue weighted by Crippen LogP contribution is 2.22. The second-order valence-electron chi connectivity index (χ2n) is 4.06. The molecule has 2 N–H and O–H groups in total. The zero-order valence-corrected chi connectivity index (χ0v) is 10.1. The number of benzene rings is 1. The standard InChI is InChI=1S/C13H20O3/c1-4-11(14)12(15)8-10-7-9(2)5-6-13(10)16-3/h5-7,11-12,14-15H,4,8H2,1-3H3. The maximum Gasteiger partial charge on any atom is 0.122 e.